The molecule has 0 aromatic heterocycles. The summed E-state index contributed by atoms with van der Waals surface area (Å²) in [6.45, 7) is 8.89. The highest BCUT2D eigenvalue weighted by atomic mass is 35.5. The van der Waals surface area contributed by atoms with Gasteiger partial charge in [0.05, 0.1) is 0 Å². The SMILES string of the molecule is C=C(Cl)CSc1cccc(CNC(C)C)c1. The molecule has 0 saturated carbocycles. The van der Waals surface area contributed by atoms with Gasteiger partial charge in [0.2, 0.25) is 0 Å². The molecule has 1 aromatic carbocycles. The van der Waals surface area contributed by atoms with Gasteiger partial charge in [-0.25, -0.2) is 0 Å². The van der Waals surface area contributed by atoms with E-state index in [9.17, 15) is 0 Å². The van der Waals surface area contributed by atoms with Crippen LogP contribution in [0.4, 0.5) is 0 Å². The summed E-state index contributed by atoms with van der Waals surface area (Å²) >= 11 is 7.46. The van der Waals surface area contributed by atoms with Gasteiger partial charge in [-0.2, -0.15) is 0 Å². The highest BCUT2D eigenvalue weighted by molar-refractivity contribution is 7.99. The van der Waals surface area contributed by atoms with Crippen molar-refractivity contribution in [3.63, 3.8) is 0 Å². The molecule has 0 atom stereocenters. The van der Waals surface area contributed by atoms with Gasteiger partial charge in [0.15, 0.2) is 0 Å². The number of rotatable bonds is 6. The predicted molar refractivity (Wildman–Crippen MR) is 74.1 cm³/mol. The number of hydrogen-bond donors (Lipinski definition) is 1. The van der Waals surface area contributed by atoms with Crippen molar-refractivity contribution in [1.29, 1.82) is 0 Å². The number of nitrogens with one attached hydrogen (secondary N) is 1. The smallest absolute Gasteiger partial charge is 0.0334 e. The summed E-state index contributed by atoms with van der Waals surface area (Å²) in [5, 5.41) is 4.09. The quantitative estimate of drug-likeness (QED) is 0.771. The van der Waals surface area contributed by atoms with Gasteiger partial charge in [-0.05, 0) is 17.7 Å². The van der Waals surface area contributed by atoms with E-state index in [1.807, 2.05) is 0 Å². The van der Waals surface area contributed by atoms with Gasteiger partial charge in [0.1, 0.15) is 0 Å². The van der Waals surface area contributed by atoms with Crippen molar-refractivity contribution in [2.24, 2.45) is 0 Å². The number of benzene rings is 1. The van der Waals surface area contributed by atoms with Crippen LogP contribution in [0.15, 0.2) is 40.8 Å². The predicted octanol–water partition coefficient (Wildman–Crippen LogP) is 4.03. The largest absolute Gasteiger partial charge is 0.310 e. The van der Waals surface area contributed by atoms with Crippen LogP contribution < -0.4 is 5.32 Å². The molecule has 0 saturated heterocycles. The van der Waals surface area contributed by atoms with Crippen molar-refractivity contribution in [2.45, 2.75) is 31.3 Å². The molecule has 1 rings (SSSR count). The van der Waals surface area contributed by atoms with Crippen LogP contribution >= 0.6 is 23.4 Å². The molecule has 0 aliphatic carbocycles. The molecule has 0 unspecified atom stereocenters. The summed E-state index contributed by atoms with van der Waals surface area (Å²) in [5.74, 6) is 0.766. The Kier molecular flexibility index (Phi) is 5.96. The van der Waals surface area contributed by atoms with Gasteiger partial charge < -0.3 is 5.32 Å². The monoisotopic (exact) mass is 255 g/mol. The van der Waals surface area contributed by atoms with E-state index in [-0.39, 0.29) is 0 Å². The van der Waals surface area contributed by atoms with Gasteiger partial charge in [0, 0.05) is 28.3 Å². The molecule has 0 radical (unpaired) electrons. The van der Waals surface area contributed by atoms with Crippen LogP contribution in [-0.4, -0.2) is 11.8 Å². The van der Waals surface area contributed by atoms with Crippen LogP contribution in [0.1, 0.15) is 19.4 Å². The van der Waals surface area contributed by atoms with E-state index in [1.54, 1.807) is 11.8 Å². The van der Waals surface area contributed by atoms with Crippen molar-refractivity contribution in [3.8, 4) is 0 Å². The Morgan fingerprint density at radius 2 is 2.25 bits per heavy atom. The van der Waals surface area contributed by atoms with E-state index in [0.717, 1.165) is 12.3 Å². The lowest BCUT2D eigenvalue weighted by atomic mass is 10.2. The molecule has 1 aromatic rings. The molecule has 88 valence electrons. The third kappa shape index (κ3) is 5.59. The molecule has 0 aliphatic heterocycles. The molecule has 16 heavy (non-hydrogen) atoms. The van der Waals surface area contributed by atoms with E-state index < -0.39 is 0 Å². The second kappa shape index (κ2) is 7.00. The van der Waals surface area contributed by atoms with E-state index >= 15 is 0 Å². The first kappa shape index (κ1) is 13.6. The van der Waals surface area contributed by atoms with E-state index in [1.165, 1.54) is 10.5 Å². The lowest BCUT2D eigenvalue weighted by molar-refractivity contribution is 0.588. The Hall–Kier alpha value is -0.440. The average Bonchev–Trinajstić information content (AvgIpc) is 2.24. The lowest BCUT2D eigenvalue weighted by Gasteiger charge is -2.09. The first-order valence-corrected chi connectivity index (χ1v) is 6.72. The summed E-state index contributed by atoms with van der Waals surface area (Å²) in [7, 11) is 0. The Bertz CT molecular complexity index is 350. The average molecular weight is 256 g/mol. The van der Waals surface area contributed by atoms with Gasteiger partial charge in [-0.3, -0.25) is 0 Å². The van der Waals surface area contributed by atoms with Crippen LogP contribution in [0, 0.1) is 0 Å². The van der Waals surface area contributed by atoms with Crippen molar-refractivity contribution in [3.05, 3.63) is 41.4 Å². The molecule has 0 heterocycles. The first-order chi connectivity index (χ1) is 7.58. The maximum atomic E-state index is 5.74. The van der Waals surface area contributed by atoms with Crippen LogP contribution in [0.2, 0.25) is 0 Å². The van der Waals surface area contributed by atoms with Crippen molar-refractivity contribution < 1.29 is 0 Å². The second-order valence-electron chi connectivity index (χ2n) is 3.99. The molecular formula is C13H18ClNS. The molecule has 0 aliphatic rings. The standard InChI is InChI=1S/C13H18ClNS/c1-10(2)15-8-12-5-4-6-13(7-12)16-9-11(3)14/h4-7,10,15H,3,8-9H2,1-2H3. The van der Waals surface area contributed by atoms with Crippen molar-refractivity contribution in [2.75, 3.05) is 5.75 Å². The van der Waals surface area contributed by atoms with Gasteiger partial charge in [-0.1, -0.05) is 44.2 Å². The highest BCUT2D eigenvalue weighted by Gasteiger charge is 1.99. The molecule has 1 N–H and O–H groups in total. The van der Waals surface area contributed by atoms with Crippen LogP contribution in [0.3, 0.4) is 0 Å². The first-order valence-electron chi connectivity index (χ1n) is 5.36. The number of thioether (sulfide) groups is 1. The molecule has 0 amide bonds. The zero-order valence-corrected chi connectivity index (χ0v) is 11.4. The Morgan fingerprint density at radius 3 is 2.88 bits per heavy atom. The summed E-state index contributed by atoms with van der Waals surface area (Å²) in [6, 6.07) is 9.02. The molecule has 0 spiro atoms. The van der Waals surface area contributed by atoms with Crippen LogP contribution in [-0.2, 0) is 6.54 Å². The van der Waals surface area contributed by atoms with E-state index in [0.29, 0.717) is 11.1 Å². The second-order valence-corrected chi connectivity index (χ2v) is 5.57. The molecular weight excluding hydrogens is 238 g/mol. The summed E-state index contributed by atoms with van der Waals surface area (Å²) in [5.41, 5.74) is 1.30. The molecule has 1 nitrogen and oxygen atoms in total. The Balaban J connectivity index is 2.53. The van der Waals surface area contributed by atoms with Gasteiger partial charge in [-0.15, -0.1) is 11.8 Å². The summed E-state index contributed by atoms with van der Waals surface area (Å²) in [4.78, 5) is 1.24. The minimum absolute atomic E-state index is 0.513. The minimum Gasteiger partial charge on any atom is -0.310 e. The maximum absolute atomic E-state index is 5.74. The maximum Gasteiger partial charge on any atom is 0.0334 e. The van der Waals surface area contributed by atoms with Crippen LogP contribution in [0.25, 0.3) is 0 Å². The summed E-state index contributed by atoms with van der Waals surface area (Å²) < 4.78 is 0. The van der Waals surface area contributed by atoms with E-state index in [2.05, 4.69) is 50.0 Å². The third-order valence-electron chi connectivity index (χ3n) is 2.01. The fraction of sp³-hybridized carbons (Fsp3) is 0.385. The minimum atomic E-state index is 0.513. The molecule has 3 heteroatoms. The highest BCUT2D eigenvalue weighted by Crippen LogP contribution is 2.22. The van der Waals surface area contributed by atoms with Gasteiger partial charge in [0.25, 0.3) is 0 Å². The zero-order valence-electron chi connectivity index (χ0n) is 9.79. The number of halogens is 1. The fourth-order valence-electron chi connectivity index (χ4n) is 1.23. The normalized spacial score (nSPS) is 10.8. The lowest BCUT2D eigenvalue weighted by Crippen LogP contribution is -2.21. The van der Waals surface area contributed by atoms with Crippen molar-refractivity contribution in [1.82, 2.24) is 5.32 Å². The molecule has 0 fully saturated rings. The van der Waals surface area contributed by atoms with Crippen molar-refractivity contribution >= 4 is 23.4 Å². The summed E-state index contributed by atoms with van der Waals surface area (Å²) in [6.07, 6.45) is 0. The third-order valence-corrected chi connectivity index (χ3v) is 3.38. The molecule has 0 bridgehead atoms. The topological polar surface area (TPSA) is 12.0 Å². The fourth-order valence-corrected chi connectivity index (χ4v) is 2.13. The Labute approximate surface area is 107 Å². The van der Waals surface area contributed by atoms with Crippen LogP contribution in [0.5, 0.6) is 0 Å². The number of hydrogen-bond acceptors (Lipinski definition) is 2. The van der Waals surface area contributed by atoms with Gasteiger partial charge >= 0.3 is 0 Å². The zero-order chi connectivity index (χ0) is 12.0. The van der Waals surface area contributed by atoms with E-state index in [4.69, 9.17) is 11.6 Å². The Morgan fingerprint density at radius 1 is 1.50 bits per heavy atom.